The van der Waals surface area contributed by atoms with Crippen molar-refractivity contribution in [2.75, 3.05) is 6.54 Å². The molecular formula is C19H32N6O10. The molecule has 0 aromatic heterocycles. The average Bonchev–Trinajstić information content (AvgIpc) is 2.74. The summed E-state index contributed by atoms with van der Waals surface area (Å²) in [7, 11) is 0. The Morgan fingerprint density at radius 3 is 1.69 bits per heavy atom. The Kier molecular flexibility index (Phi) is 14.2. The number of aliphatic carboxylic acids is 3. The second-order valence-electron chi connectivity index (χ2n) is 7.61. The van der Waals surface area contributed by atoms with Crippen molar-refractivity contribution in [1.29, 1.82) is 0 Å². The Labute approximate surface area is 199 Å². The first kappa shape index (κ1) is 31.2. The van der Waals surface area contributed by atoms with Crippen LogP contribution in [-0.4, -0.2) is 87.6 Å². The standard InChI is InChI=1S/C19H32N6O10/c20-6-2-1-3-11(19(34)35)24-17(32)10(4-5-13(22)26)23-18(33)12(8-15(29)30)25-16(31)9(21)7-14(27)28/h9-12H,1-8,20-21H2,(H2,22,26)(H,23,33)(H,24,32)(H,25,31)(H,27,28)(H,29,30)(H,34,35). The normalized spacial score (nSPS) is 14.0. The second-order valence-corrected chi connectivity index (χ2v) is 7.61. The third kappa shape index (κ3) is 13.5. The van der Waals surface area contributed by atoms with Crippen LogP contribution in [0.3, 0.4) is 0 Å². The first-order valence-corrected chi connectivity index (χ1v) is 10.6. The van der Waals surface area contributed by atoms with Crippen LogP contribution in [0.1, 0.15) is 44.9 Å². The Balaban J connectivity index is 5.56. The van der Waals surface area contributed by atoms with Gasteiger partial charge in [0.25, 0.3) is 0 Å². The van der Waals surface area contributed by atoms with Gasteiger partial charge in [0, 0.05) is 6.42 Å². The van der Waals surface area contributed by atoms with E-state index in [0.29, 0.717) is 19.4 Å². The van der Waals surface area contributed by atoms with Gasteiger partial charge in [-0.25, -0.2) is 4.79 Å². The third-order valence-corrected chi connectivity index (χ3v) is 4.62. The van der Waals surface area contributed by atoms with E-state index in [4.69, 9.17) is 27.4 Å². The molecular weight excluding hydrogens is 472 g/mol. The Hall–Kier alpha value is -3.79. The van der Waals surface area contributed by atoms with Crippen LogP contribution in [0.5, 0.6) is 0 Å². The van der Waals surface area contributed by atoms with E-state index in [1.54, 1.807) is 0 Å². The number of amides is 4. The fourth-order valence-electron chi connectivity index (χ4n) is 2.79. The SMILES string of the molecule is NCCCCC(NC(=O)C(CCC(N)=O)NC(=O)C(CC(=O)O)NC(=O)C(N)CC(=O)O)C(=O)O. The molecule has 0 saturated carbocycles. The van der Waals surface area contributed by atoms with Crippen molar-refractivity contribution in [3.05, 3.63) is 0 Å². The molecule has 0 spiro atoms. The van der Waals surface area contributed by atoms with Crippen molar-refractivity contribution in [3.8, 4) is 0 Å². The topological polar surface area (TPSA) is 294 Å². The van der Waals surface area contributed by atoms with E-state index in [0.717, 1.165) is 0 Å². The molecule has 0 rings (SSSR count). The molecule has 0 aliphatic carbocycles. The minimum absolute atomic E-state index is 0.0356. The van der Waals surface area contributed by atoms with Crippen LogP contribution in [0.25, 0.3) is 0 Å². The van der Waals surface area contributed by atoms with E-state index in [1.165, 1.54) is 0 Å². The van der Waals surface area contributed by atoms with Gasteiger partial charge < -0.3 is 48.5 Å². The van der Waals surface area contributed by atoms with Gasteiger partial charge in [-0.3, -0.25) is 28.8 Å². The van der Waals surface area contributed by atoms with Gasteiger partial charge in [0.1, 0.15) is 18.1 Å². The summed E-state index contributed by atoms with van der Waals surface area (Å²) in [6.45, 7) is 0.310. The number of nitrogens with one attached hydrogen (secondary N) is 3. The maximum Gasteiger partial charge on any atom is 0.326 e. The number of carbonyl (C=O) groups is 7. The Morgan fingerprint density at radius 1 is 0.686 bits per heavy atom. The molecule has 35 heavy (non-hydrogen) atoms. The van der Waals surface area contributed by atoms with Crippen LogP contribution < -0.4 is 33.2 Å². The maximum absolute atomic E-state index is 12.7. The highest BCUT2D eigenvalue weighted by molar-refractivity contribution is 5.96. The van der Waals surface area contributed by atoms with Gasteiger partial charge in [-0.05, 0) is 32.2 Å². The molecule has 0 aromatic carbocycles. The summed E-state index contributed by atoms with van der Waals surface area (Å²) in [5, 5.41) is 33.5. The Morgan fingerprint density at radius 2 is 1.20 bits per heavy atom. The van der Waals surface area contributed by atoms with Crippen molar-refractivity contribution < 1.29 is 48.9 Å². The summed E-state index contributed by atoms with van der Waals surface area (Å²) in [6, 6.07) is -6.18. The van der Waals surface area contributed by atoms with E-state index in [1.807, 2.05) is 5.32 Å². The van der Waals surface area contributed by atoms with Crippen LogP contribution in [0.2, 0.25) is 0 Å². The van der Waals surface area contributed by atoms with Crippen molar-refractivity contribution in [2.45, 2.75) is 69.1 Å². The molecule has 4 amide bonds. The first-order chi connectivity index (χ1) is 16.3. The highest BCUT2D eigenvalue weighted by atomic mass is 16.4. The third-order valence-electron chi connectivity index (χ3n) is 4.62. The molecule has 4 unspecified atom stereocenters. The zero-order valence-corrected chi connectivity index (χ0v) is 18.9. The molecule has 0 saturated heterocycles. The number of nitrogens with two attached hydrogens (primary N) is 3. The molecule has 0 radical (unpaired) electrons. The van der Waals surface area contributed by atoms with Gasteiger partial charge in [0.15, 0.2) is 0 Å². The lowest BCUT2D eigenvalue weighted by atomic mass is 10.1. The summed E-state index contributed by atoms with van der Waals surface area (Å²) >= 11 is 0. The van der Waals surface area contributed by atoms with Crippen LogP contribution in [0.4, 0.5) is 0 Å². The van der Waals surface area contributed by atoms with Crippen molar-refractivity contribution in [1.82, 2.24) is 16.0 Å². The monoisotopic (exact) mass is 504 g/mol. The largest absolute Gasteiger partial charge is 0.481 e. The second kappa shape index (κ2) is 15.9. The zero-order chi connectivity index (χ0) is 27.1. The molecule has 0 aromatic rings. The van der Waals surface area contributed by atoms with Gasteiger partial charge >= 0.3 is 17.9 Å². The fraction of sp³-hybridized carbons (Fsp3) is 0.632. The molecule has 198 valence electrons. The van der Waals surface area contributed by atoms with Gasteiger partial charge in [0.2, 0.25) is 23.6 Å². The average molecular weight is 504 g/mol. The summed E-state index contributed by atoms with van der Waals surface area (Å²) in [4.78, 5) is 81.9. The van der Waals surface area contributed by atoms with E-state index in [9.17, 15) is 38.7 Å². The lowest BCUT2D eigenvalue weighted by molar-refractivity contribution is -0.143. The lowest BCUT2D eigenvalue weighted by Crippen LogP contribution is -2.57. The van der Waals surface area contributed by atoms with Crippen molar-refractivity contribution >= 4 is 41.5 Å². The maximum atomic E-state index is 12.7. The summed E-state index contributed by atoms with van der Waals surface area (Å²) in [6.07, 6.45) is -1.56. The first-order valence-electron chi connectivity index (χ1n) is 10.6. The zero-order valence-electron chi connectivity index (χ0n) is 18.9. The number of carbonyl (C=O) groups excluding carboxylic acids is 4. The molecule has 4 atom stereocenters. The highest BCUT2D eigenvalue weighted by Crippen LogP contribution is 2.05. The summed E-state index contributed by atoms with van der Waals surface area (Å²) < 4.78 is 0. The van der Waals surface area contributed by atoms with E-state index in [2.05, 4.69) is 10.6 Å². The summed E-state index contributed by atoms with van der Waals surface area (Å²) in [5.74, 6) is -8.37. The van der Waals surface area contributed by atoms with Crippen LogP contribution in [0, 0.1) is 0 Å². The van der Waals surface area contributed by atoms with E-state index in [-0.39, 0.29) is 19.3 Å². The molecule has 0 aliphatic rings. The van der Waals surface area contributed by atoms with Gasteiger partial charge in [-0.2, -0.15) is 0 Å². The smallest absolute Gasteiger partial charge is 0.326 e. The Bertz CT molecular complexity index is 805. The molecule has 0 bridgehead atoms. The minimum Gasteiger partial charge on any atom is -0.481 e. The molecule has 0 fully saturated rings. The lowest BCUT2D eigenvalue weighted by Gasteiger charge is -2.24. The number of hydrogen-bond donors (Lipinski definition) is 9. The van der Waals surface area contributed by atoms with Crippen LogP contribution in [0.15, 0.2) is 0 Å². The molecule has 0 aliphatic heterocycles. The van der Waals surface area contributed by atoms with Crippen molar-refractivity contribution in [3.63, 3.8) is 0 Å². The number of carboxylic acids is 3. The van der Waals surface area contributed by atoms with Gasteiger partial charge in [-0.15, -0.1) is 0 Å². The van der Waals surface area contributed by atoms with Gasteiger partial charge in [0.05, 0.1) is 18.9 Å². The fourth-order valence-corrected chi connectivity index (χ4v) is 2.79. The number of rotatable bonds is 18. The summed E-state index contributed by atoms with van der Waals surface area (Å²) in [5.41, 5.74) is 15.9. The molecule has 12 N–H and O–H groups in total. The number of primary amides is 1. The van der Waals surface area contributed by atoms with E-state index < -0.39 is 78.5 Å². The van der Waals surface area contributed by atoms with Gasteiger partial charge in [-0.1, -0.05) is 0 Å². The van der Waals surface area contributed by atoms with Crippen molar-refractivity contribution in [2.24, 2.45) is 17.2 Å². The quantitative estimate of drug-likeness (QED) is 0.0812. The van der Waals surface area contributed by atoms with Crippen LogP contribution in [-0.2, 0) is 33.6 Å². The molecule has 16 heteroatoms. The number of carboxylic acid groups (broad SMARTS) is 3. The minimum atomic E-state index is -1.76. The highest BCUT2D eigenvalue weighted by Gasteiger charge is 2.31. The predicted molar refractivity (Wildman–Crippen MR) is 117 cm³/mol. The van der Waals surface area contributed by atoms with E-state index >= 15 is 0 Å². The molecule has 0 heterocycles. The number of unbranched alkanes of at least 4 members (excludes halogenated alkanes) is 1. The molecule has 16 nitrogen and oxygen atoms in total. The number of hydrogen-bond acceptors (Lipinski definition) is 9. The van der Waals surface area contributed by atoms with Crippen LogP contribution >= 0.6 is 0 Å². The predicted octanol–water partition coefficient (Wildman–Crippen LogP) is -3.80.